The van der Waals surface area contributed by atoms with Crippen molar-refractivity contribution in [1.29, 1.82) is 0 Å². The number of hydrogen-bond acceptors (Lipinski definition) is 4. The second-order valence-corrected chi connectivity index (χ2v) is 3.93. The predicted molar refractivity (Wildman–Crippen MR) is 64.2 cm³/mol. The summed E-state index contributed by atoms with van der Waals surface area (Å²) < 4.78 is 1.65. The number of aryl methyl sites for hydroxylation is 1. The zero-order valence-electron chi connectivity index (χ0n) is 9.00. The molecule has 2 heterocycles. The number of para-hydroxylation sites is 1. The summed E-state index contributed by atoms with van der Waals surface area (Å²) in [7, 11) is 0. The maximum atomic E-state index is 6.00. The zero-order chi connectivity index (χ0) is 11.8. The second kappa shape index (κ2) is 3.78. The van der Waals surface area contributed by atoms with Crippen LogP contribution in [0.4, 0.5) is 0 Å². The minimum absolute atomic E-state index is 0.328. The Labute approximate surface area is 102 Å². The lowest BCUT2D eigenvalue weighted by Crippen LogP contribution is -1.99. The molecular weight excluding hydrogens is 238 g/mol. The van der Waals surface area contributed by atoms with E-state index in [2.05, 4.69) is 20.3 Å². The summed E-state index contributed by atoms with van der Waals surface area (Å²) in [5.41, 5.74) is 2.03. The van der Waals surface area contributed by atoms with Gasteiger partial charge in [0.15, 0.2) is 16.3 Å². The van der Waals surface area contributed by atoms with Crippen LogP contribution in [0.25, 0.3) is 16.9 Å². The van der Waals surface area contributed by atoms with Crippen LogP contribution in [-0.4, -0.2) is 25.0 Å². The molecule has 0 saturated carbocycles. The Morgan fingerprint density at radius 3 is 2.65 bits per heavy atom. The van der Waals surface area contributed by atoms with Crippen LogP contribution in [0.5, 0.6) is 0 Å². The van der Waals surface area contributed by atoms with E-state index < -0.39 is 0 Å². The number of halogens is 1. The highest BCUT2D eigenvalue weighted by atomic mass is 35.5. The first-order valence-electron chi connectivity index (χ1n) is 5.06. The standard InChI is InChI=1S/C11H8ClN5/c1-7-13-10(12)9-11(14-7)17(16-15-9)8-5-3-2-4-6-8/h2-6H,1H3. The van der Waals surface area contributed by atoms with E-state index in [1.165, 1.54) is 0 Å². The van der Waals surface area contributed by atoms with E-state index in [0.29, 0.717) is 22.1 Å². The molecule has 3 rings (SSSR count). The molecule has 0 amide bonds. The van der Waals surface area contributed by atoms with E-state index >= 15 is 0 Å². The number of nitrogens with zero attached hydrogens (tertiary/aromatic N) is 5. The molecule has 0 radical (unpaired) electrons. The van der Waals surface area contributed by atoms with Crippen LogP contribution >= 0.6 is 11.6 Å². The number of rotatable bonds is 1. The van der Waals surface area contributed by atoms with Gasteiger partial charge in [-0.2, -0.15) is 4.68 Å². The highest BCUT2D eigenvalue weighted by molar-refractivity contribution is 6.33. The van der Waals surface area contributed by atoms with Crippen molar-refractivity contribution < 1.29 is 0 Å². The van der Waals surface area contributed by atoms with E-state index in [1.807, 2.05) is 30.3 Å². The molecule has 0 atom stereocenters. The third-order valence-electron chi connectivity index (χ3n) is 2.37. The molecule has 0 aliphatic heterocycles. The van der Waals surface area contributed by atoms with Crippen molar-refractivity contribution in [3.63, 3.8) is 0 Å². The smallest absolute Gasteiger partial charge is 0.188 e. The lowest BCUT2D eigenvalue weighted by molar-refractivity contribution is 0.816. The Morgan fingerprint density at radius 1 is 1.12 bits per heavy atom. The van der Waals surface area contributed by atoms with E-state index in [4.69, 9.17) is 11.6 Å². The minimum Gasteiger partial charge on any atom is -0.219 e. The van der Waals surface area contributed by atoms with Gasteiger partial charge < -0.3 is 0 Å². The fraction of sp³-hybridized carbons (Fsp3) is 0.0909. The van der Waals surface area contributed by atoms with Gasteiger partial charge in [-0.1, -0.05) is 35.0 Å². The molecule has 84 valence electrons. The van der Waals surface area contributed by atoms with Crippen molar-refractivity contribution in [2.75, 3.05) is 0 Å². The van der Waals surface area contributed by atoms with Gasteiger partial charge in [0.05, 0.1) is 5.69 Å². The molecule has 0 aliphatic carbocycles. The summed E-state index contributed by atoms with van der Waals surface area (Å²) in [4.78, 5) is 8.36. The molecule has 0 aliphatic rings. The average molecular weight is 246 g/mol. The SMILES string of the molecule is Cc1nc(Cl)c2nnn(-c3ccccc3)c2n1. The summed E-state index contributed by atoms with van der Waals surface area (Å²) in [6.07, 6.45) is 0. The molecule has 17 heavy (non-hydrogen) atoms. The van der Waals surface area contributed by atoms with Crippen molar-refractivity contribution in [2.45, 2.75) is 6.92 Å². The third-order valence-corrected chi connectivity index (χ3v) is 2.63. The normalized spacial score (nSPS) is 10.9. The van der Waals surface area contributed by atoms with Gasteiger partial charge in [-0.3, -0.25) is 0 Å². The van der Waals surface area contributed by atoms with Gasteiger partial charge in [0.1, 0.15) is 5.82 Å². The van der Waals surface area contributed by atoms with Crippen molar-refractivity contribution in [1.82, 2.24) is 25.0 Å². The van der Waals surface area contributed by atoms with E-state index in [9.17, 15) is 0 Å². The Hall–Kier alpha value is -2.01. The molecular formula is C11H8ClN5. The lowest BCUT2D eigenvalue weighted by atomic mass is 10.3. The Morgan fingerprint density at radius 2 is 1.88 bits per heavy atom. The first kappa shape index (κ1) is 10.2. The first-order chi connectivity index (χ1) is 8.25. The third kappa shape index (κ3) is 1.64. The van der Waals surface area contributed by atoms with Crippen LogP contribution in [0.15, 0.2) is 30.3 Å². The van der Waals surface area contributed by atoms with Gasteiger partial charge in [-0.15, -0.1) is 5.10 Å². The summed E-state index contributed by atoms with van der Waals surface area (Å²) in [6, 6.07) is 9.66. The largest absolute Gasteiger partial charge is 0.219 e. The average Bonchev–Trinajstić information content (AvgIpc) is 2.74. The molecule has 0 N–H and O–H groups in total. The molecule has 6 heteroatoms. The number of benzene rings is 1. The maximum Gasteiger partial charge on any atom is 0.188 e. The highest BCUT2D eigenvalue weighted by Crippen LogP contribution is 2.19. The predicted octanol–water partition coefficient (Wildman–Crippen LogP) is 2.17. The van der Waals surface area contributed by atoms with Gasteiger partial charge in [-0.05, 0) is 19.1 Å². The summed E-state index contributed by atoms with van der Waals surface area (Å²) in [6.45, 7) is 1.79. The molecule has 0 unspecified atom stereocenters. The van der Waals surface area contributed by atoms with Crippen LogP contribution in [-0.2, 0) is 0 Å². The van der Waals surface area contributed by atoms with E-state index in [0.717, 1.165) is 5.69 Å². The van der Waals surface area contributed by atoms with Gasteiger partial charge in [0.25, 0.3) is 0 Å². The number of hydrogen-bond donors (Lipinski definition) is 0. The molecule has 2 aromatic heterocycles. The Bertz CT molecular complexity index is 677. The molecule has 0 bridgehead atoms. The monoisotopic (exact) mass is 245 g/mol. The van der Waals surface area contributed by atoms with Crippen LogP contribution in [0.2, 0.25) is 5.15 Å². The number of fused-ring (bicyclic) bond motifs is 1. The Balaban J connectivity index is 2.32. The molecule has 0 fully saturated rings. The minimum atomic E-state index is 0.328. The summed E-state index contributed by atoms with van der Waals surface area (Å²) in [5.74, 6) is 0.599. The Kier molecular flexibility index (Phi) is 2.26. The number of aromatic nitrogens is 5. The van der Waals surface area contributed by atoms with Crippen LogP contribution in [0.3, 0.4) is 0 Å². The second-order valence-electron chi connectivity index (χ2n) is 3.57. The van der Waals surface area contributed by atoms with Crippen LogP contribution in [0.1, 0.15) is 5.82 Å². The van der Waals surface area contributed by atoms with E-state index in [-0.39, 0.29) is 0 Å². The topological polar surface area (TPSA) is 56.5 Å². The molecule has 0 saturated heterocycles. The fourth-order valence-corrected chi connectivity index (χ4v) is 1.87. The molecule has 0 spiro atoms. The summed E-state index contributed by atoms with van der Waals surface area (Å²) in [5, 5.41) is 8.37. The molecule has 5 nitrogen and oxygen atoms in total. The van der Waals surface area contributed by atoms with Gasteiger partial charge >= 0.3 is 0 Å². The van der Waals surface area contributed by atoms with Crippen LogP contribution < -0.4 is 0 Å². The molecule has 1 aromatic carbocycles. The van der Waals surface area contributed by atoms with Crippen molar-refractivity contribution >= 4 is 22.8 Å². The zero-order valence-corrected chi connectivity index (χ0v) is 9.76. The van der Waals surface area contributed by atoms with Crippen molar-refractivity contribution in [2.24, 2.45) is 0 Å². The van der Waals surface area contributed by atoms with Crippen molar-refractivity contribution in [3.8, 4) is 5.69 Å². The van der Waals surface area contributed by atoms with Gasteiger partial charge in [0, 0.05) is 0 Å². The lowest BCUT2D eigenvalue weighted by Gasteiger charge is -2.01. The fourth-order valence-electron chi connectivity index (χ4n) is 1.63. The van der Waals surface area contributed by atoms with Gasteiger partial charge in [-0.25, -0.2) is 9.97 Å². The van der Waals surface area contributed by atoms with Crippen molar-refractivity contribution in [3.05, 3.63) is 41.3 Å². The van der Waals surface area contributed by atoms with Crippen LogP contribution in [0, 0.1) is 6.92 Å². The first-order valence-corrected chi connectivity index (χ1v) is 5.44. The highest BCUT2D eigenvalue weighted by Gasteiger charge is 2.12. The van der Waals surface area contributed by atoms with Gasteiger partial charge in [0.2, 0.25) is 0 Å². The van der Waals surface area contributed by atoms with E-state index in [1.54, 1.807) is 11.6 Å². The maximum absolute atomic E-state index is 6.00. The summed E-state index contributed by atoms with van der Waals surface area (Å²) >= 11 is 6.00. The molecule has 3 aromatic rings. The quantitative estimate of drug-likeness (QED) is 0.617.